The lowest BCUT2D eigenvalue weighted by Crippen LogP contribution is -2.22. The molecule has 3 nitrogen and oxygen atoms in total. The lowest BCUT2D eigenvalue weighted by molar-refractivity contribution is 0.589. The Morgan fingerprint density at radius 2 is 2.28 bits per heavy atom. The maximum atomic E-state index is 5.98. The van der Waals surface area contributed by atoms with Crippen molar-refractivity contribution in [2.75, 3.05) is 7.05 Å². The maximum Gasteiger partial charge on any atom is 0.130 e. The second-order valence-electron chi connectivity index (χ2n) is 3.96. The Labute approximate surface area is 120 Å². The summed E-state index contributed by atoms with van der Waals surface area (Å²) in [6.45, 7) is 3.01. The van der Waals surface area contributed by atoms with E-state index in [2.05, 4.69) is 37.7 Å². The summed E-state index contributed by atoms with van der Waals surface area (Å²) in [5.74, 6) is 1.00. The van der Waals surface area contributed by atoms with Gasteiger partial charge in [0, 0.05) is 28.4 Å². The molecule has 1 aromatic heterocycles. The summed E-state index contributed by atoms with van der Waals surface area (Å²) in [5, 5.41) is 4.02. The van der Waals surface area contributed by atoms with E-state index >= 15 is 0 Å². The van der Waals surface area contributed by atoms with Gasteiger partial charge in [0.1, 0.15) is 5.82 Å². The second kappa shape index (κ2) is 5.87. The molecule has 5 heteroatoms. The van der Waals surface area contributed by atoms with Gasteiger partial charge in [-0.1, -0.05) is 33.6 Å². The van der Waals surface area contributed by atoms with Crippen LogP contribution in [0, 0.1) is 0 Å². The van der Waals surface area contributed by atoms with Crippen molar-refractivity contribution >= 4 is 27.5 Å². The number of aromatic nitrogens is 2. The molecule has 0 spiro atoms. The SMILES string of the molecule is CCn1ccnc1C(NC)c1ccc(Cl)cc1Br. The minimum Gasteiger partial charge on any atom is -0.334 e. The van der Waals surface area contributed by atoms with Crippen molar-refractivity contribution in [1.82, 2.24) is 14.9 Å². The van der Waals surface area contributed by atoms with E-state index in [1.165, 1.54) is 0 Å². The third-order valence-electron chi connectivity index (χ3n) is 2.91. The summed E-state index contributed by atoms with van der Waals surface area (Å²) in [5.41, 5.74) is 1.13. The maximum absolute atomic E-state index is 5.98. The normalized spacial score (nSPS) is 12.7. The van der Waals surface area contributed by atoms with Gasteiger partial charge in [-0.15, -0.1) is 0 Å². The molecular weight excluding hydrogens is 314 g/mol. The standard InChI is InChI=1S/C13H15BrClN3/c1-3-18-7-6-17-13(18)12(16-2)10-5-4-9(15)8-11(10)14/h4-8,12,16H,3H2,1-2H3. The van der Waals surface area contributed by atoms with Gasteiger partial charge in [0.05, 0.1) is 6.04 Å². The van der Waals surface area contributed by atoms with Crippen molar-refractivity contribution < 1.29 is 0 Å². The van der Waals surface area contributed by atoms with Crippen molar-refractivity contribution in [1.29, 1.82) is 0 Å². The van der Waals surface area contributed by atoms with Crippen molar-refractivity contribution in [2.24, 2.45) is 0 Å². The molecule has 0 saturated carbocycles. The Morgan fingerprint density at radius 1 is 1.50 bits per heavy atom. The summed E-state index contributed by atoms with van der Waals surface area (Å²) in [7, 11) is 1.93. The molecule has 18 heavy (non-hydrogen) atoms. The lowest BCUT2D eigenvalue weighted by Gasteiger charge is -2.19. The Bertz CT molecular complexity index is 539. The fourth-order valence-corrected chi connectivity index (χ4v) is 2.92. The number of aryl methyl sites for hydroxylation is 1. The van der Waals surface area contributed by atoms with Gasteiger partial charge in [0.2, 0.25) is 0 Å². The molecule has 1 unspecified atom stereocenters. The molecule has 1 N–H and O–H groups in total. The molecule has 0 aliphatic carbocycles. The van der Waals surface area contributed by atoms with Crippen molar-refractivity contribution in [2.45, 2.75) is 19.5 Å². The fraction of sp³-hybridized carbons (Fsp3) is 0.308. The predicted molar refractivity (Wildman–Crippen MR) is 78.0 cm³/mol. The lowest BCUT2D eigenvalue weighted by atomic mass is 10.1. The third kappa shape index (κ3) is 2.60. The molecule has 0 radical (unpaired) electrons. The highest BCUT2D eigenvalue weighted by Crippen LogP contribution is 2.29. The van der Waals surface area contributed by atoms with Gasteiger partial charge in [-0.2, -0.15) is 0 Å². The predicted octanol–water partition coefficient (Wildman–Crippen LogP) is 3.63. The average molecular weight is 329 g/mol. The van der Waals surface area contributed by atoms with E-state index in [0.717, 1.165) is 27.4 Å². The quantitative estimate of drug-likeness (QED) is 0.929. The molecule has 0 bridgehead atoms. The van der Waals surface area contributed by atoms with Gasteiger partial charge < -0.3 is 9.88 Å². The third-order valence-corrected chi connectivity index (χ3v) is 3.83. The highest BCUT2D eigenvalue weighted by Gasteiger charge is 2.19. The first-order chi connectivity index (χ1) is 8.67. The van der Waals surface area contributed by atoms with E-state index in [9.17, 15) is 0 Å². The number of benzene rings is 1. The van der Waals surface area contributed by atoms with Crippen LogP contribution in [0.25, 0.3) is 0 Å². The number of rotatable bonds is 4. The molecule has 0 amide bonds. The van der Waals surface area contributed by atoms with Crippen LogP contribution in [0.4, 0.5) is 0 Å². The molecule has 96 valence electrons. The molecule has 1 heterocycles. The van der Waals surface area contributed by atoms with E-state index in [1.807, 2.05) is 37.6 Å². The summed E-state index contributed by atoms with van der Waals surface area (Å²) in [6.07, 6.45) is 3.82. The average Bonchev–Trinajstić information content (AvgIpc) is 2.81. The molecule has 0 saturated heterocycles. The highest BCUT2D eigenvalue weighted by molar-refractivity contribution is 9.10. The van der Waals surface area contributed by atoms with Crippen LogP contribution in [-0.2, 0) is 6.54 Å². The number of hydrogen-bond donors (Lipinski definition) is 1. The first kappa shape index (κ1) is 13.6. The van der Waals surface area contributed by atoms with Gasteiger partial charge in [-0.3, -0.25) is 0 Å². The summed E-state index contributed by atoms with van der Waals surface area (Å²) in [4.78, 5) is 4.44. The van der Waals surface area contributed by atoms with Crippen molar-refractivity contribution in [3.05, 3.63) is 51.5 Å². The van der Waals surface area contributed by atoms with Crippen LogP contribution < -0.4 is 5.32 Å². The fourth-order valence-electron chi connectivity index (χ4n) is 2.01. The minimum absolute atomic E-state index is 0.0478. The smallest absolute Gasteiger partial charge is 0.130 e. The molecule has 1 atom stereocenters. The number of nitrogens with one attached hydrogen (secondary N) is 1. The topological polar surface area (TPSA) is 29.9 Å². The van der Waals surface area contributed by atoms with Crippen LogP contribution in [0.5, 0.6) is 0 Å². The zero-order chi connectivity index (χ0) is 13.1. The molecule has 1 aromatic carbocycles. The van der Waals surface area contributed by atoms with Gasteiger partial charge in [-0.05, 0) is 31.7 Å². The Kier molecular flexibility index (Phi) is 4.43. The van der Waals surface area contributed by atoms with Crippen LogP contribution in [0.15, 0.2) is 35.1 Å². The van der Waals surface area contributed by atoms with Gasteiger partial charge in [0.15, 0.2) is 0 Å². The summed E-state index contributed by atoms with van der Waals surface area (Å²) >= 11 is 9.54. The van der Waals surface area contributed by atoms with Crippen LogP contribution >= 0.6 is 27.5 Å². The zero-order valence-corrected chi connectivity index (χ0v) is 12.7. The number of imidazole rings is 1. The van der Waals surface area contributed by atoms with Crippen LogP contribution in [-0.4, -0.2) is 16.6 Å². The Hall–Kier alpha value is -0.840. The molecular formula is C13H15BrClN3. The van der Waals surface area contributed by atoms with Crippen molar-refractivity contribution in [3.63, 3.8) is 0 Å². The molecule has 0 aliphatic rings. The Balaban J connectivity index is 2.45. The highest BCUT2D eigenvalue weighted by atomic mass is 79.9. The van der Waals surface area contributed by atoms with E-state index < -0.39 is 0 Å². The molecule has 0 fully saturated rings. The number of hydrogen-bond acceptors (Lipinski definition) is 2. The van der Waals surface area contributed by atoms with E-state index in [-0.39, 0.29) is 6.04 Å². The number of halogens is 2. The second-order valence-corrected chi connectivity index (χ2v) is 5.25. The summed E-state index contributed by atoms with van der Waals surface area (Å²) in [6, 6.07) is 5.86. The van der Waals surface area contributed by atoms with Gasteiger partial charge in [-0.25, -0.2) is 4.98 Å². The minimum atomic E-state index is 0.0478. The van der Waals surface area contributed by atoms with Crippen LogP contribution in [0.1, 0.15) is 24.4 Å². The monoisotopic (exact) mass is 327 g/mol. The molecule has 0 aliphatic heterocycles. The molecule has 2 aromatic rings. The van der Waals surface area contributed by atoms with Gasteiger partial charge >= 0.3 is 0 Å². The van der Waals surface area contributed by atoms with Crippen molar-refractivity contribution in [3.8, 4) is 0 Å². The Morgan fingerprint density at radius 3 is 2.89 bits per heavy atom. The largest absolute Gasteiger partial charge is 0.334 e. The van der Waals surface area contributed by atoms with Crippen LogP contribution in [0.3, 0.4) is 0 Å². The molecule has 2 rings (SSSR count). The first-order valence-electron chi connectivity index (χ1n) is 5.80. The van der Waals surface area contributed by atoms with E-state index in [1.54, 1.807) is 0 Å². The summed E-state index contributed by atoms with van der Waals surface area (Å²) < 4.78 is 3.11. The van der Waals surface area contributed by atoms with E-state index in [0.29, 0.717) is 0 Å². The van der Waals surface area contributed by atoms with E-state index in [4.69, 9.17) is 11.6 Å². The first-order valence-corrected chi connectivity index (χ1v) is 6.97. The number of nitrogens with zero attached hydrogens (tertiary/aromatic N) is 2. The zero-order valence-electron chi connectivity index (χ0n) is 10.3. The van der Waals surface area contributed by atoms with Crippen LogP contribution in [0.2, 0.25) is 5.02 Å². The van der Waals surface area contributed by atoms with Gasteiger partial charge in [0.25, 0.3) is 0 Å².